The average Bonchev–Trinajstić information content (AvgIpc) is 3.19. The monoisotopic (exact) mass is 299 g/mol. The fourth-order valence-electron chi connectivity index (χ4n) is 2.20. The van der Waals surface area contributed by atoms with Crippen LogP contribution in [0.4, 0.5) is 5.69 Å². The number of benzene rings is 1. The van der Waals surface area contributed by atoms with Gasteiger partial charge in [-0.3, -0.25) is 0 Å². The van der Waals surface area contributed by atoms with Crippen LogP contribution in [-0.2, 0) is 6.42 Å². The number of hydrogen-bond acceptors (Lipinski definition) is 3. The molecule has 2 aromatic heterocycles. The molecule has 2 heterocycles. The molecule has 0 fully saturated rings. The molecule has 0 saturated heterocycles. The number of hydrogen-bond donors (Lipinski definition) is 1. The number of rotatable bonds is 5. The highest BCUT2D eigenvalue weighted by atomic mass is 32.1. The van der Waals surface area contributed by atoms with E-state index in [2.05, 4.69) is 71.5 Å². The van der Waals surface area contributed by atoms with Gasteiger partial charge in [0.25, 0.3) is 0 Å². The second-order valence-electron chi connectivity index (χ2n) is 4.66. The molecule has 102 valence electrons. The lowest BCUT2D eigenvalue weighted by molar-refractivity contribution is 0.991. The summed E-state index contributed by atoms with van der Waals surface area (Å²) < 4.78 is 0. The predicted molar refractivity (Wildman–Crippen MR) is 89.9 cm³/mol. The van der Waals surface area contributed by atoms with Crippen LogP contribution in [0.1, 0.15) is 28.3 Å². The number of thiophene rings is 2. The van der Waals surface area contributed by atoms with Crippen molar-refractivity contribution in [2.75, 3.05) is 5.32 Å². The van der Waals surface area contributed by atoms with Gasteiger partial charge in [-0.1, -0.05) is 31.2 Å². The van der Waals surface area contributed by atoms with Crippen molar-refractivity contribution in [2.45, 2.75) is 19.4 Å². The fraction of sp³-hybridized carbons (Fsp3) is 0.176. The van der Waals surface area contributed by atoms with Gasteiger partial charge in [0.1, 0.15) is 0 Å². The van der Waals surface area contributed by atoms with Crippen LogP contribution < -0.4 is 5.32 Å². The van der Waals surface area contributed by atoms with E-state index in [9.17, 15) is 0 Å². The van der Waals surface area contributed by atoms with Crippen LogP contribution in [0.3, 0.4) is 0 Å². The number of anilines is 1. The van der Waals surface area contributed by atoms with Gasteiger partial charge < -0.3 is 5.32 Å². The highest BCUT2D eigenvalue weighted by Crippen LogP contribution is 2.32. The summed E-state index contributed by atoms with van der Waals surface area (Å²) in [5.74, 6) is 0. The Morgan fingerprint density at radius 3 is 1.95 bits per heavy atom. The van der Waals surface area contributed by atoms with E-state index >= 15 is 0 Å². The largest absolute Gasteiger partial charge is 0.373 e. The van der Waals surface area contributed by atoms with Crippen molar-refractivity contribution in [3.63, 3.8) is 0 Å². The minimum Gasteiger partial charge on any atom is -0.373 e. The third-order valence-electron chi connectivity index (χ3n) is 3.33. The van der Waals surface area contributed by atoms with Crippen LogP contribution in [0.25, 0.3) is 0 Å². The van der Waals surface area contributed by atoms with E-state index in [0.717, 1.165) is 6.42 Å². The van der Waals surface area contributed by atoms with Crippen LogP contribution in [0.15, 0.2) is 59.3 Å². The normalized spacial score (nSPS) is 10.9. The van der Waals surface area contributed by atoms with Crippen LogP contribution >= 0.6 is 22.7 Å². The summed E-state index contributed by atoms with van der Waals surface area (Å²) in [6.07, 6.45) is 1.08. The summed E-state index contributed by atoms with van der Waals surface area (Å²) in [5, 5.41) is 7.93. The van der Waals surface area contributed by atoms with Gasteiger partial charge in [0.15, 0.2) is 0 Å². The molecule has 3 rings (SSSR count). The molecular formula is C17H17NS2. The second-order valence-corrected chi connectivity index (χ2v) is 6.62. The molecule has 0 aliphatic rings. The third-order valence-corrected chi connectivity index (χ3v) is 5.20. The first-order chi connectivity index (χ1) is 9.86. The van der Waals surface area contributed by atoms with Crippen molar-refractivity contribution in [3.8, 4) is 0 Å². The molecular weight excluding hydrogens is 282 g/mol. The Labute approximate surface area is 127 Å². The molecule has 3 heteroatoms. The van der Waals surface area contributed by atoms with Crippen LogP contribution in [0, 0.1) is 0 Å². The minimum atomic E-state index is 0.252. The lowest BCUT2D eigenvalue weighted by Crippen LogP contribution is -2.09. The molecule has 1 nitrogen and oxygen atoms in total. The summed E-state index contributed by atoms with van der Waals surface area (Å²) in [7, 11) is 0. The lowest BCUT2D eigenvalue weighted by atomic mass is 10.1. The van der Waals surface area contributed by atoms with E-state index in [4.69, 9.17) is 0 Å². The summed E-state index contributed by atoms with van der Waals surface area (Å²) in [6, 6.07) is 17.6. The molecule has 3 aromatic rings. The zero-order valence-electron chi connectivity index (χ0n) is 11.4. The molecule has 0 radical (unpaired) electrons. The maximum absolute atomic E-state index is 3.66. The molecule has 0 unspecified atom stereocenters. The first kappa shape index (κ1) is 13.4. The van der Waals surface area contributed by atoms with Gasteiger partial charge in [0.2, 0.25) is 0 Å². The van der Waals surface area contributed by atoms with E-state index in [0.29, 0.717) is 0 Å². The molecule has 0 aliphatic carbocycles. The SMILES string of the molecule is CCc1ccc(NC(c2cccs2)c2cccs2)cc1. The Kier molecular flexibility index (Phi) is 4.19. The quantitative estimate of drug-likeness (QED) is 0.649. The molecule has 1 aromatic carbocycles. The fourth-order valence-corrected chi connectivity index (χ4v) is 3.86. The highest BCUT2D eigenvalue weighted by molar-refractivity contribution is 7.11. The Bertz CT molecular complexity index is 590. The molecule has 0 aliphatic heterocycles. The maximum atomic E-state index is 3.66. The first-order valence-electron chi connectivity index (χ1n) is 6.79. The topological polar surface area (TPSA) is 12.0 Å². The van der Waals surface area contributed by atoms with Crippen LogP contribution in [-0.4, -0.2) is 0 Å². The van der Waals surface area contributed by atoms with Crippen molar-refractivity contribution < 1.29 is 0 Å². The summed E-state index contributed by atoms with van der Waals surface area (Å²) >= 11 is 3.60. The smallest absolute Gasteiger partial charge is 0.0953 e. The van der Waals surface area contributed by atoms with E-state index in [1.807, 2.05) is 0 Å². The Hall–Kier alpha value is -1.58. The standard InChI is InChI=1S/C17H17NS2/c1-2-13-7-9-14(10-8-13)18-17(15-5-3-11-19-15)16-6-4-12-20-16/h3-12,17-18H,2H2,1H3. The van der Waals surface area contributed by atoms with E-state index in [1.165, 1.54) is 21.0 Å². The number of aryl methyl sites for hydroxylation is 1. The Morgan fingerprint density at radius 2 is 1.50 bits per heavy atom. The highest BCUT2D eigenvalue weighted by Gasteiger charge is 2.15. The van der Waals surface area contributed by atoms with Gasteiger partial charge >= 0.3 is 0 Å². The summed E-state index contributed by atoms with van der Waals surface area (Å²) in [4.78, 5) is 2.71. The van der Waals surface area contributed by atoms with Gasteiger partial charge in [0.05, 0.1) is 6.04 Å². The molecule has 0 saturated carbocycles. The summed E-state index contributed by atoms with van der Waals surface area (Å²) in [6.45, 7) is 2.18. The first-order valence-corrected chi connectivity index (χ1v) is 8.55. The van der Waals surface area contributed by atoms with E-state index < -0.39 is 0 Å². The van der Waals surface area contributed by atoms with Gasteiger partial charge in [-0.15, -0.1) is 22.7 Å². The number of nitrogens with one attached hydrogen (secondary N) is 1. The molecule has 0 bridgehead atoms. The second kappa shape index (κ2) is 6.25. The van der Waals surface area contributed by atoms with E-state index in [-0.39, 0.29) is 6.04 Å². The van der Waals surface area contributed by atoms with Crippen molar-refractivity contribution >= 4 is 28.4 Å². The Balaban J connectivity index is 1.86. The van der Waals surface area contributed by atoms with Crippen molar-refractivity contribution in [3.05, 3.63) is 74.6 Å². The van der Waals surface area contributed by atoms with Crippen molar-refractivity contribution in [2.24, 2.45) is 0 Å². The van der Waals surface area contributed by atoms with Gasteiger partial charge in [-0.05, 0) is 47.0 Å². The molecule has 0 spiro atoms. The zero-order chi connectivity index (χ0) is 13.8. The molecule has 1 N–H and O–H groups in total. The third kappa shape index (κ3) is 2.94. The molecule has 0 amide bonds. The van der Waals surface area contributed by atoms with Gasteiger partial charge in [-0.25, -0.2) is 0 Å². The summed E-state index contributed by atoms with van der Waals surface area (Å²) in [5.41, 5.74) is 2.55. The molecule has 0 atom stereocenters. The van der Waals surface area contributed by atoms with Gasteiger partial charge in [0, 0.05) is 15.4 Å². The van der Waals surface area contributed by atoms with E-state index in [1.54, 1.807) is 22.7 Å². The van der Waals surface area contributed by atoms with Crippen molar-refractivity contribution in [1.82, 2.24) is 0 Å². The Morgan fingerprint density at radius 1 is 0.900 bits per heavy atom. The van der Waals surface area contributed by atoms with Crippen LogP contribution in [0.5, 0.6) is 0 Å². The predicted octanol–water partition coefficient (Wildman–Crippen LogP) is 5.57. The van der Waals surface area contributed by atoms with Crippen LogP contribution in [0.2, 0.25) is 0 Å². The van der Waals surface area contributed by atoms with Gasteiger partial charge in [-0.2, -0.15) is 0 Å². The maximum Gasteiger partial charge on any atom is 0.0953 e. The van der Waals surface area contributed by atoms with Crippen molar-refractivity contribution in [1.29, 1.82) is 0 Å². The average molecular weight is 299 g/mol. The zero-order valence-corrected chi connectivity index (χ0v) is 13.0. The molecule has 20 heavy (non-hydrogen) atoms. The lowest BCUT2D eigenvalue weighted by Gasteiger charge is -2.17. The minimum absolute atomic E-state index is 0.252.